The van der Waals surface area contributed by atoms with Gasteiger partial charge in [0.15, 0.2) is 0 Å². The first-order chi connectivity index (χ1) is 12.2. The van der Waals surface area contributed by atoms with Gasteiger partial charge in [0.25, 0.3) is 0 Å². The maximum atomic E-state index is 11.7. The van der Waals surface area contributed by atoms with Crippen molar-refractivity contribution in [3.63, 3.8) is 0 Å². The lowest BCUT2D eigenvalue weighted by atomic mass is 10.1. The van der Waals surface area contributed by atoms with Gasteiger partial charge in [-0.1, -0.05) is 66.7 Å². The van der Waals surface area contributed by atoms with Crippen LogP contribution in [0, 0.1) is 0 Å². The number of nitrogens with one attached hydrogen (secondary N) is 1. The first-order valence-electron chi connectivity index (χ1n) is 7.98. The van der Waals surface area contributed by atoms with Crippen LogP contribution >= 0.6 is 0 Å². The molecule has 3 rings (SSSR count). The Morgan fingerprint density at radius 3 is 2.60 bits per heavy atom. The van der Waals surface area contributed by atoms with Gasteiger partial charge in [0.1, 0.15) is 12.4 Å². The van der Waals surface area contributed by atoms with Gasteiger partial charge in [0.2, 0.25) is 0 Å². The normalized spacial score (nSPS) is 10.9. The maximum Gasteiger partial charge on any atom is 0.407 e. The smallest absolute Gasteiger partial charge is 0.407 e. The lowest BCUT2D eigenvalue weighted by Crippen LogP contribution is -2.24. The maximum absolute atomic E-state index is 11.7. The minimum absolute atomic E-state index is 0.253. The number of ether oxygens (including phenoxy) is 1. The first-order valence-corrected chi connectivity index (χ1v) is 7.98. The van der Waals surface area contributed by atoms with Crippen molar-refractivity contribution in [1.82, 2.24) is 10.3 Å². The number of aromatic nitrogens is 1. The molecule has 5 nitrogen and oxygen atoms in total. The Balaban J connectivity index is 1.54. The number of benzene rings is 2. The molecule has 5 heteroatoms. The zero-order valence-electron chi connectivity index (χ0n) is 13.7. The minimum atomic E-state index is -0.450. The molecule has 0 radical (unpaired) electrons. The Bertz CT molecular complexity index is 892. The van der Waals surface area contributed by atoms with Gasteiger partial charge in [-0.05, 0) is 10.9 Å². The van der Waals surface area contributed by atoms with E-state index in [1.807, 2.05) is 66.7 Å². The lowest BCUT2D eigenvalue weighted by Gasteiger charge is -2.06. The number of hydrogen-bond acceptors (Lipinski definition) is 4. The van der Waals surface area contributed by atoms with Crippen LogP contribution in [-0.2, 0) is 11.3 Å². The fraction of sp³-hybridized carbons (Fsp3) is 0.100. The molecule has 3 aromatic rings. The van der Waals surface area contributed by atoms with Crippen LogP contribution in [0.25, 0.3) is 16.8 Å². The number of carbonyl (C=O) groups is 1. The molecular formula is C20H19N3O2. The number of fused-ring (bicyclic) bond motifs is 1. The molecule has 0 aliphatic heterocycles. The monoisotopic (exact) mass is 333 g/mol. The van der Waals surface area contributed by atoms with Crippen molar-refractivity contribution in [3.8, 4) is 0 Å². The van der Waals surface area contributed by atoms with E-state index in [2.05, 4.69) is 10.3 Å². The number of alkyl carbamates (subject to hydrolysis) is 1. The van der Waals surface area contributed by atoms with E-state index in [9.17, 15) is 4.79 Å². The molecule has 25 heavy (non-hydrogen) atoms. The summed E-state index contributed by atoms with van der Waals surface area (Å²) in [5.74, 6) is 0.510. The number of nitrogens with zero attached hydrogens (tertiary/aromatic N) is 1. The third kappa shape index (κ3) is 4.35. The van der Waals surface area contributed by atoms with Crippen molar-refractivity contribution < 1.29 is 9.53 Å². The molecular weight excluding hydrogens is 314 g/mol. The Morgan fingerprint density at radius 1 is 1.08 bits per heavy atom. The van der Waals surface area contributed by atoms with Gasteiger partial charge < -0.3 is 15.8 Å². The lowest BCUT2D eigenvalue weighted by molar-refractivity contribution is 0.141. The summed E-state index contributed by atoms with van der Waals surface area (Å²) in [6, 6.07) is 17.4. The Kier molecular flexibility index (Phi) is 5.26. The average Bonchev–Trinajstić information content (AvgIpc) is 2.66. The van der Waals surface area contributed by atoms with Gasteiger partial charge >= 0.3 is 6.09 Å². The third-order valence-electron chi connectivity index (χ3n) is 3.73. The molecule has 1 heterocycles. The average molecular weight is 333 g/mol. The van der Waals surface area contributed by atoms with Gasteiger partial charge in [-0.25, -0.2) is 9.78 Å². The number of hydrogen-bond donors (Lipinski definition) is 2. The molecule has 0 aliphatic carbocycles. The van der Waals surface area contributed by atoms with E-state index in [-0.39, 0.29) is 6.61 Å². The van der Waals surface area contributed by atoms with Crippen molar-refractivity contribution in [2.45, 2.75) is 6.61 Å². The molecule has 0 aliphatic rings. The topological polar surface area (TPSA) is 77.2 Å². The van der Waals surface area contributed by atoms with Crippen molar-refractivity contribution in [1.29, 1.82) is 0 Å². The molecule has 2 aromatic carbocycles. The molecule has 1 aromatic heterocycles. The SMILES string of the molecule is Nc1ncc(C=CCNC(=O)OCc2ccccc2)c2ccccc12. The summed E-state index contributed by atoms with van der Waals surface area (Å²) in [6.07, 6.45) is 5.03. The van der Waals surface area contributed by atoms with Crippen molar-refractivity contribution in [2.24, 2.45) is 0 Å². The van der Waals surface area contributed by atoms with E-state index in [0.29, 0.717) is 12.4 Å². The predicted molar refractivity (Wildman–Crippen MR) is 99.8 cm³/mol. The van der Waals surface area contributed by atoms with E-state index >= 15 is 0 Å². The van der Waals surface area contributed by atoms with E-state index in [0.717, 1.165) is 21.9 Å². The summed E-state index contributed by atoms with van der Waals surface area (Å²) in [6.45, 7) is 0.620. The van der Waals surface area contributed by atoms with Gasteiger partial charge in [0.05, 0.1) is 0 Å². The van der Waals surface area contributed by atoms with Crippen LogP contribution < -0.4 is 11.1 Å². The summed E-state index contributed by atoms with van der Waals surface area (Å²) >= 11 is 0. The van der Waals surface area contributed by atoms with Crippen LogP contribution in [0.5, 0.6) is 0 Å². The van der Waals surface area contributed by atoms with Crippen molar-refractivity contribution >= 4 is 28.8 Å². The summed E-state index contributed by atoms with van der Waals surface area (Å²) in [7, 11) is 0. The minimum Gasteiger partial charge on any atom is -0.445 e. The number of carbonyl (C=O) groups excluding carboxylic acids is 1. The van der Waals surface area contributed by atoms with Crippen molar-refractivity contribution in [3.05, 3.63) is 78.0 Å². The second-order valence-electron chi connectivity index (χ2n) is 5.49. The van der Waals surface area contributed by atoms with Gasteiger partial charge in [-0.15, -0.1) is 0 Å². The van der Waals surface area contributed by atoms with Crippen LogP contribution in [0.3, 0.4) is 0 Å². The van der Waals surface area contributed by atoms with Crippen LogP contribution in [0.15, 0.2) is 66.9 Å². The molecule has 0 saturated carbocycles. The van der Waals surface area contributed by atoms with Crippen molar-refractivity contribution in [2.75, 3.05) is 12.3 Å². The standard InChI is InChI=1S/C20H19N3O2/c21-19-18-11-5-4-10-17(18)16(13-23-19)9-6-12-22-20(24)25-14-15-7-2-1-3-8-15/h1-11,13H,12,14H2,(H2,21,23)(H,22,24). The zero-order chi connectivity index (χ0) is 17.5. The number of rotatable bonds is 5. The number of pyridine rings is 1. The van der Waals surface area contributed by atoms with Crippen LogP contribution in [0.4, 0.5) is 10.6 Å². The molecule has 0 atom stereocenters. The highest BCUT2D eigenvalue weighted by atomic mass is 16.5. The third-order valence-corrected chi connectivity index (χ3v) is 3.73. The number of anilines is 1. The molecule has 0 bridgehead atoms. The summed E-state index contributed by atoms with van der Waals surface area (Å²) < 4.78 is 5.15. The molecule has 0 saturated heterocycles. The second kappa shape index (κ2) is 7.97. The van der Waals surface area contributed by atoms with E-state index < -0.39 is 6.09 Å². The van der Waals surface area contributed by atoms with E-state index in [4.69, 9.17) is 10.5 Å². The molecule has 3 N–H and O–H groups in total. The number of nitrogens with two attached hydrogens (primary N) is 1. The Labute approximate surface area is 146 Å². The van der Waals surface area contributed by atoms with Gasteiger partial charge in [-0.2, -0.15) is 0 Å². The quantitative estimate of drug-likeness (QED) is 0.745. The van der Waals surface area contributed by atoms with E-state index in [1.165, 1.54) is 0 Å². The van der Waals surface area contributed by atoms with Gasteiger partial charge in [0, 0.05) is 23.7 Å². The molecule has 0 fully saturated rings. The second-order valence-corrected chi connectivity index (χ2v) is 5.49. The Hall–Kier alpha value is -3.34. The summed E-state index contributed by atoms with van der Waals surface area (Å²) in [5.41, 5.74) is 7.79. The summed E-state index contributed by atoms with van der Waals surface area (Å²) in [4.78, 5) is 15.9. The highest BCUT2D eigenvalue weighted by Crippen LogP contribution is 2.23. The number of amides is 1. The zero-order valence-corrected chi connectivity index (χ0v) is 13.7. The number of nitrogen functional groups attached to an aromatic ring is 1. The predicted octanol–water partition coefficient (Wildman–Crippen LogP) is 3.76. The van der Waals surface area contributed by atoms with E-state index in [1.54, 1.807) is 6.20 Å². The highest BCUT2D eigenvalue weighted by molar-refractivity contribution is 5.96. The molecule has 126 valence electrons. The molecule has 0 unspecified atom stereocenters. The fourth-order valence-corrected chi connectivity index (χ4v) is 2.47. The fourth-order valence-electron chi connectivity index (χ4n) is 2.47. The van der Waals surface area contributed by atoms with Crippen LogP contribution in [0.2, 0.25) is 0 Å². The Morgan fingerprint density at radius 2 is 1.80 bits per heavy atom. The van der Waals surface area contributed by atoms with Crippen LogP contribution in [-0.4, -0.2) is 17.6 Å². The highest BCUT2D eigenvalue weighted by Gasteiger charge is 2.03. The molecule has 1 amide bonds. The molecule has 0 spiro atoms. The first kappa shape index (κ1) is 16.5. The van der Waals surface area contributed by atoms with Crippen LogP contribution in [0.1, 0.15) is 11.1 Å². The largest absolute Gasteiger partial charge is 0.445 e. The van der Waals surface area contributed by atoms with Gasteiger partial charge in [-0.3, -0.25) is 0 Å². The summed E-state index contributed by atoms with van der Waals surface area (Å²) in [5, 5.41) is 4.63.